The van der Waals surface area contributed by atoms with E-state index in [9.17, 15) is 18.0 Å². The zero-order valence-electron chi connectivity index (χ0n) is 19.9. The summed E-state index contributed by atoms with van der Waals surface area (Å²) in [6.07, 6.45) is -3.56. The molecule has 190 valence electrons. The maximum absolute atomic E-state index is 12.9. The van der Waals surface area contributed by atoms with Gasteiger partial charge >= 0.3 is 12.1 Å². The Labute approximate surface area is 212 Å². The molecule has 0 radical (unpaired) electrons. The summed E-state index contributed by atoms with van der Waals surface area (Å²) >= 11 is 0. The lowest BCUT2D eigenvalue weighted by Crippen LogP contribution is -2.23. The normalized spacial score (nSPS) is 11.2. The average molecular weight is 508 g/mol. The van der Waals surface area contributed by atoms with Crippen LogP contribution in [0.15, 0.2) is 85.1 Å². The number of pyridine rings is 2. The van der Waals surface area contributed by atoms with Gasteiger partial charge in [-0.25, -0.2) is 14.8 Å². The van der Waals surface area contributed by atoms with Gasteiger partial charge in [0.15, 0.2) is 0 Å². The third-order valence-corrected chi connectivity index (χ3v) is 5.68. The molecule has 2 heterocycles. The van der Waals surface area contributed by atoms with Crippen molar-refractivity contribution in [1.82, 2.24) is 9.97 Å². The van der Waals surface area contributed by atoms with Crippen LogP contribution in [0.25, 0.3) is 11.1 Å². The Bertz CT molecular complexity index is 1360. The second kappa shape index (κ2) is 11.1. The molecule has 0 saturated carbocycles. The third kappa shape index (κ3) is 6.63. The van der Waals surface area contributed by atoms with Crippen molar-refractivity contribution in [2.75, 3.05) is 11.4 Å². The molecular weight excluding hydrogens is 483 g/mol. The standard InChI is InChI=1S/C28H24F3N3O3/c1-2-34(26-14-11-22(16-32-26)28(29,30)31)17-19-5-3-6-21(15-19)20-9-12-24(13-10-20)37-18-23-7-4-8-25(33-23)27(35)36/h3-16H,2,17-18H2,1H3,(H,35,36). The number of aromatic carboxylic acids is 1. The van der Waals surface area contributed by atoms with Crippen LogP contribution in [0.2, 0.25) is 0 Å². The number of anilines is 1. The van der Waals surface area contributed by atoms with E-state index in [1.165, 1.54) is 12.1 Å². The fraction of sp³-hybridized carbons (Fsp3) is 0.179. The molecule has 0 atom stereocenters. The van der Waals surface area contributed by atoms with Crippen molar-refractivity contribution >= 4 is 11.8 Å². The molecule has 0 amide bonds. The Balaban J connectivity index is 1.42. The van der Waals surface area contributed by atoms with E-state index in [0.29, 0.717) is 30.4 Å². The molecule has 0 aliphatic carbocycles. The van der Waals surface area contributed by atoms with E-state index < -0.39 is 17.7 Å². The summed E-state index contributed by atoms with van der Waals surface area (Å²) in [7, 11) is 0. The lowest BCUT2D eigenvalue weighted by molar-refractivity contribution is -0.137. The molecule has 0 aliphatic rings. The van der Waals surface area contributed by atoms with Crippen LogP contribution in [-0.2, 0) is 19.3 Å². The minimum absolute atomic E-state index is 0.0351. The summed E-state index contributed by atoms with van der Waals surface area (Å²) in [6, 6.07) is 22.6. The second-order valence-corrected chi connectivity index (χ2v) is 8.25. The van der Waals surface area contributed by atoms with E-state index in [4.69, 9.17) is 9.84 Å². The predicted octanol–water partition coefficient (Wildman–Crippen LogP) is 6.47. The van der Waals surface area contributed by atoms with Crippen molar-refractivity contribution in [3.05, 3.63) is 108 Å². The molecule has 6 nitrogen and oxygen atoms in total. The van der Waals surface area contributed by atoms with Crippen LogP contribution in [0.3, 0.4) is 0 Å². The number of benzene rings is 2. The Morgan fingerprint density at radius 3 is 2.38 bits per heavy atom. The van der Waals surface area contributed by atoms with Gasteiger partial charge in [0.2, 0.25) is 0 Å². The first kappa shape index (κ1) is 25.7. The van der Waals surface area contributed by atoms with Crippen molar-refractivity contribution < 1.29 is 27.8 Å². The van der Waals surface area contributed by atoms with Gasteiger partial charge in [-0.15, -0.1) is 0 Å². The average Bonchev–Trinajstić information content (AvgIpc) is 2.91. The summed E-state index contributed by atoms with van der Waals surface area (Å²) in [5.74, 6) is 0.00451. The van der Waals surface area contributed by atoms with Gasteiger partial charge in [-0.1, -0.05) is 36.4 Å². The molecule has 37 heavy (non-hydrogen) atoms. The van der Waals surface area contributed by atoms with E-state index >= 15 is 0 Å². The number of alkyl halides is 3. The van der Waals surface area contributed by atoms with E-state index in [-0.39, 0.29) is 12.3 Å². The van der Waals surface area contributed by atoms with Gasteiger partial charge in [0, 0.05) is 19.3 Å². The molecule has 0 spiro atoms. The van der Waals surface area contributed by atoms with Gasteiger partial charge in [-0.2, -0.15) is 13.2 Å². The smallest absolute Gasteiger partial charge is 0.417 e. The van der Waals surface area contributed by atoms with Crippen molar-refractivity contribution in [3.8, 4) is 16.9 Å². The second-order valence-electron chi connectivity index (χ2n) is 8.25. The number of aromatic nitrogens is 2. The number of ether oxygens (including phenoxy) is 1. The molecule has 0 saturated heterocycles. The van der Waals surface area contributed by atoms with Crippen molar-refractivity contribution in [3.63, 3.8) is 0 Å². The highest BCUT2D eigenvalue weighted by Gasteiger charge is 2.30. The molecule has 4 aromatic rings. The van der Waals surface area contributed by atoms with Crippen LogP contribution in [0.1, 0.15) is 34.2 Å². The molecule has 2 aromatic carbocycles. The molecule has 9 heteroatoms. The lowest BCUT2D eigenvalue weighted by atomic mass is 10.0. The number of nitrogens with zero attached hydrogens (tertiary/aromatic N) is 3. The Morgan fingerprint density at radius 2 is 1.73 bits per heavy atom. The van der Waals surface area contributed by atoms with Gasteiger partial charge in [0.05, 0.1) is 11.3 Å². The van der Waals surface area contributed by atoms with Crippen LogP contribution in [0.4, 0.5) is 19.0 Å². The highest BCUT2D eigenvalue weighted by atomic mass is 19.4. The quantitative estimate of drug-likeness (QED) is 0.280. The maximum atomic E-state index is 12.9. The van der Waals surface area contributed by atoms with Gasteiger partial charge in [0.1, 0.15) is 23.9 Å². The SMILES string of the molecule is CCN(Cc1cccc(-c2ccc(OCc3cccc(C(=O)O)n3)cc2)c1)c1ccc(C(F)(F)F)cn1. The van der Waals surface area contributed by atoms with Crippen molar-refractivity contribution in [1.29, 1.82) is 0 Å². The van der Waals surface area contributed by atoms with Gasteiger partial charge in [-0.3, -0.25) is 0 Å². The first-order valence-electron chi connectivity index (χ1n) is 11.5. The number of carbonyl (C=O) groups is 1. The molecule has 2 aromatic heterocycles. The van der Waals surface area contributed by atoms with Crippen molar-refractivity contribution in [2.45, 2.75) is 26.3 Å². The molecule has 0 aliphatic heterocycles. The minimum atomic E-state index is -4.42. The van der Waals surface area contributed by atoms with E-state index in [0.717, 1.165) is 29.0 Å². The number of halogens is 3. The number of carboxylic acid groups (broad SMARTS) is 1. The van der Waals surface area contributed by atoms with Crippen LogP contribution in [0.5, 0.6) is 5.75 Å². The predicted molar refractivity (Wildman–Crippen MR) is 133 cm³/mol. The zero-order chi connectivity index (χ0) is 26.4. The maximum Gasteiger partial charge on any atom is 0.417 e. The van der Waals surface area contributed by atoms with E-state index in [1.807, 2.05) is 60.4 Å². The molecule has 1 N–H and O–H groups in total. The summed E-state index contributed by atoms with van der Waals surface area (Å²) in [5.41, 5.74) is 2.65. The molecule has 4 rings (SSSR count). The highest BCUT2D eigenvalue weighted by molar-refractivity contribution is 5.85. The fourth-order valence-electron chi connectivity index (χ4n) is 3.75. The summed E-state index contributed by atoms with van der Waals surface area (Å²) in [5, 5.41) is 9.06. The van der Waals surface area contributed by atoms with E-state index in [1.54, 1.807) is 12.1 Å². The monoisotopic (exact) mass is 507 g/mol. The number of hydrogen-bond acceptors (Lipinski definition) is 5. The summed E-state index contributed by atoms with van der Waals surface area (Å²) in [6.45, 7) is 3.14. The Morgan fingerprint density at radius 1 is 0.973 bits per heavy atom. The summed E-state index contributed by atoms with van der Waals surface area (Å²) < 4.78 is 44.3. The number of carboxylic acids is 1. The Kier molecular flexibility index (Phi) is 7.71. The molecule has 0 fully saturated rings. The van der Waals surface area contributed by atoms with Crippen LogP contribution in [-0.4, -0.2) is 27.6 Å². The van der Waals surface area contributed by atoms with Gasteiger partial charge in [0.25, 0.3) is 0 Å². The largest absolute Gasteiger partial charge is 0.487 e. The Hall–Kier alpha value is -4.40. The van der Waals surface area contributed by atoms with Crippen molar-refractivity contribution in [2.24, 2.45) is 0 Å². The third-order valence-electron chi connectivity index (χ3n) is 5.68. The first-order chi connectivity index (χ1) is 17.7. The molecular formula is C28H24F3N3O3. The number of hydrogen-bond donors (Lipinski definition) is 1. The van der Waals surface area contributed by atoms with Gasteiger partial charge < -0.3 is 14.7 Å². The highest BCUT2D eigenvalue weighted by Crippen LogP contribution is 2.30. The van der Waals surface area contributed by atoms with Crippen LogP contribution < -0.4 is 9.64 Å². The molecule has 0 bridgehead atoms. The fourth-order valence-corrected chi connectivity index (χ4v) is 3.75. The molecule has 0 unspecified atom stereocenters. The topological polar surface area (TPSA) is 75.5 Å². The lowest BCUT2D eigenvalue weighted by Gasteiger charge is -2.22. The van der Waals surface area contributed by atoms with E-state index in [2.05, 4.69) is 9.97 Å². The van der Waals surface area contributed by atoms with Crippen LogP contribution in [0, 0.1) is 0 Å². The zero-order valence-corrected chi connectivity index (χ0v) is 19.9. The van der Waals surface area contributed by atoms with Gasteiger partial charge in [-0.05, 0) is 66.1 Å². The number of rotatable bonds is 9. The minimum Gasteiger partial charge on any atom is -0.487 e. The summed E-state index contributed by atoms with van der Waals surface area (Å²) in [4.78, 5) is 21.0. The van der Waals surface area contributed by atoms with Crippen LogP contribution >= 0.6 is 0 Å². The first-order valence-corrected chi connectivity index (χ1v) is 11.5.